The van der Waals surface area contributed by atoms with Crippen molar-refractivity contribution in [1.82, 2.24) is 21.1 Å². The summed E-state index contributed by atoms with van der Waals surface area (Å²) >= 11 is 0. The quantitative estimate of drug-likeness (QED) is 0.500. The molecule has 1 aliphatic rings. The van der Waals surface area contributed by atoms with E-state index in [9.17, 15) is 14.4 Å². The first-order valence-corrected chi connectivity index (χ1v) is 8.66. The maximum absolute atomic E-state index is 12.4. The fourth-order valence-electron chi connectivity index (χ4n) is 2.52. The molecule has 1 unspecified atom stereocenters. The van der Waals surface area contributed by atoms with Crippen LogP contribution in [0.5, 0.6) is 0 Å². The maximum atomic E-state index is 12.4. The van der Waals surface area contributed by atoms with Crippen LogP contribution in [0.25, 0.3) is 0 Å². The van der Waals surface area contributed by atoms with Crippen molar-refractivity contribution in [3.8, 4) is 0 Å². The number of rotatable bonds is 7. The molecular weight excluding hydrogens is 336 g/mol. The van der Waals surface area contributed by atoms with Gasteiger partial charge in [0.05, 0.1) is 0 Å². The Morgan fingerprint density at radius 1 is 1.19 bits per heavy atom. The van der Waals surface area contributed by atoms with E-state index >= 15 is 0 Å². The summed E-state index contributed by atoms with van der Waals surface area (Å²) in [6.07, 6.45) is 1.07. The largest absolute Gasteiger partial charge is 0.480 e. The summed E-state index contributed by atoms with van der Waals surface area (Å²) in [5.41, 5.74) is 3.37. The van der Waals surface area contributed by atoms with E-state index in [1.54, 1.807) is 13.8 Å². The molecule has 0 aromatic heterocycles. The molecule has 0 radical (unpaired) electrons. The van der Waals surface area contributed by atoms with Gasteiger partial charge in [0.1, 0.15) is 18.1 Å². The van der Waals surface area contributed by atoms with E-state index < -0.39 is 24.1 Å². The Morgan fingerprint density at radius 3 is 2.23 bits per heavy atom. The standard InChI is InChI=1S/C16H28N4O4.C2H4/c1-9(2)13(17-10(3)4)14(21)18-11(5)15(22)20-8-6-7-12(19-20)16(23)24;1-2/h9,11-13,17,19H,3,6-8H2,1-2,4-5H3,(H,18,21)(H,23,24);1-2H2/t11-,12-,13?;/m0./s1. The number of nitrogens with zero attached hydrogens (tertiary/aromatic N) is 1. The number of carboxylic acid groups (broad SMARTS) is 1. The molecule has 26 heavy (non-hydrogen) atoms. The molecule has 8 heteroatoms. The lowest BCUT2D eigenvalue weighted by Gasteiger charge is -2.34. The van der Waals surface area contributed by atoms with Crippen molar-refractivity contribution < 1.29 is 19.5 Å². The van der Waals surface area contributed by atoms with Crippen LogP contribution in [0.1, 0.15) is 40.5 Å². The second kappa shape index (κ2) is 11.3. The summed E-state index contributed by atoms with van der Waals surface area (Å²) in [7, 11) is 0. The van der Waals surface area contributed by atoms with Gasteiger partial charge in [-0.2, -0.15) is 0 Å². The average Bonchev–Trinajstić information content (AvgIpc) is 2.60. The number of amides is 2. The van der Waals surface area contributed by atoms with Crippen molar-refractivity contribution in [3.63, 3.8) is 0 Å². The van der Waals surface area contributed by atoms with Gasteiger partial charge < -0.3 is 15.7 Å². The second-order valence-corrected chi connectivity index (χ2v) is 6.53. The summed E-state index contributed by atoms with van der Waals surface area (Å²) < 4.78 is 0. The smallest absolute Gasteiger partial charge is 0.322 e. The highest BCUT2D eigenvalue weighted by Gasteiger charge is 2.31. The molecule has 8 nitrogen and oxygen atoms in total. The van der Waals surface area contributed by atoms with Crippen molar-refractivity contribution in [1.29, 1.82) is 0 Å². The number of carbonyl (C=O) groups excluding carboxylic acids is 2. The Hall–Kier alpha value is -2.35. The molecule has 1 rings (SSSR count). The summed E-state index contributed by atoms with van der Waals surface area (Å²) in [5.74, 6) is -1.61. The minimum Gasteiger partial charge on any atom is -0.480 e. The van der Waals surface area contributed by atoms with Gasteiger partial charge in [-0.25, -0.2) is 5.43 Å². The van der Waals surface area contributed by atoms with Crippen LogP contribution >= 0.6 is 0 Å². The number of aliphatic carboxylic acids is 1. The SMILES string of the molecule is C=C.C=C(C)NC(C(=O)N[C@@H](C)C(=O)N1CCC[C@@H](C(=O)O)N1)C(C)C. The number of hydrogen-bond donors (Lipinski definition) is 4. The van der Waals surface area contributed by atoms with Crippen molar-refractivity contribution in [3.05, 3.63) is 25.4 Å². The Bertz CT molecular complexity index is 521. The molecule has 1 fully saturated rings. The Balaban J connectivity index is 0.00000301. The summed E-state index contributed by atoms with van der Waals surface area (Å²) in [6, 6.07) is -2.02. The molecule has 148 valence electrons. The summed E-state index contributed by atoms with van der Waals surface area (Å²) in [6.45, 7) is 17.3. The highest BCUT2D eigenvalue weighted by Crippen LogP contribution is 2.09. The third kappa shape index (κ3) is 7.26. The monoisotopic (exact) mass is 368 g/mol. The van der Waals surface area contributed by atoms with Crippen LogP contribution < -0.4 is 16.1 Å². The van der Waals surface area contributed by atoms with Gasteiger partial charge in [0, 0.05) is 12.2 Å². The van der Waals surface area contributed by atoms with Gasteiger partial charge in [0.15, 0.2) is 0 Å². The van der Waals surface area contributed by atoms with E-state index in [-0.39, 0.29) is 17.7 Å². The zero-order valence-electron chi connectivity index (χ0n) is 16.2. The molecule has 0 aliphatic carbocycles. The van der Waals surface area contributed by atoms with E-state index in [0.717, 1.165) is 0 Å². The van der Waals surface area contributed by atoms with Crippen molar-refractivity contribution in [2.45, 2.75) is 58.7 Å². The van der Waals surface area contributed by atoms with Crippen LogP contribution in [0.15, 0.2) is 25.4 Å². The Kier molecular flexibility index (Phi) is 10.3. The topological polar surface area (TPSA) is 111 Å². The molecule has 0 saturated carbocycles. The third-order valence-electron chi connectivity index (χ3n) is 3.83. The summed E-state index contributed by atoms with van der Waals surface area (Å²) in [4.78, 5) is 35.9. The average molecular weight is 368 g/mol. The van der Waals surface area contributed by atoms with Crippen LogP contribution in [0, 0.1) is 5.92 Å². The molecule has 4 N–H and O–H groups in total. The minimum absolute atomic E-state index is 0.0218. The fraction of sp³-hybridized carbons (Fsp3) is 0.611. The van der Waals surface area contributed by atoms with Gasteiger partial charge in [-0.15, -0.1) is 13.2 Å². The summed E-state index contributed by atoms with van der Waals surface area (Å²) in [5, 5.41) is 16.0. The van der Waals surface area contributed by atoms with Crippen LogP contribution in [-0.4, -0.2) is 52.6 Å². The molecule has 1 heterocycles. The number of carboxylic acids is 1. The van der Waals surface area contributed by atoms with Gasteiger partial charge in [-0.05, 0) is 32.6 Å². The van der Waals surface area contributed by atoms with Gasteiger partial charge in [-0.3, -0.25) is 19.4 Å². The first-order chi connectivity index (χ1) is 12.1. The molecule has 3 atom stereocenters. The second-order valence-electron chi connectivity index (χ2n) is 6.53. The molecule has 1 saturated heterocycles. The number of carbonyl (C=O) groups is 3. The van der Waals surface area contributed by atoms with Crippen molar-refractivity contribution in [2.75, 3.05) is 6.54 Å². The Labute approximate surface area is 155 Å². The number of nitrogens with one attached hydrogen (secondary N) is 3. The van der Waals surface area contributed by atoms with Gasteiger partial charge in [0.2, 0.25) is 5.91 Å². The van der Waals surface area contributed by atoms with Crippen molar-refractivity contribution in [2.24, 2.45) is 5.92 Å². The molecule has 0 aromatic carbocycles. The maximum Gasteiger partial charge on any atom is 0.322 e. The lowest BCUT2D eigenvalue weighted by atomic mass is 10.0. The first kappa shape index (κ1) is 23.6. The fourth-order valence-corrected chi connectivity index (χ4v) is 2.52. The molecule has 0 bridgehead atoms. The van der Waals surface area contributed by atoms with Crippen LogP contribution in [-0.2, 0) is 14.4 Å². The highest BCUT2D eigenvalue weighted by atomic mass is 16.4. The zero-order chi connectivity index (χ0) is 20.4. The van der Waals surface area contributed by atoms with Crippen molar-refractivity contribution >= 4 is 17.8 Å². The third-order valence-corrected chi connectivity index (χ3v) is 3.83. The first-order valence-electron chi connectivity index (χ1n) is 8.66. The molecule has 1 aliphatic heterocycles. The molecule has 0 spiro atoms. The molecular formula is C18H32N4O4. The number of hydrogen-bond acceptors (Lipinski definition) is 5. The van der Waals surface area contributed by atoms with Crippen LogP contribution in [0.4, 0.5) is 0 Å². The van der Waals surface area contributed by atoms with Gasteiger partial charge in [0.25, 0.3) is 5.91 Å². The van der Waals surface area contributed by atoms with Gasteiger partial charge >= 0.3 is 5.97 Å². The van der Waals surface area contributed by atoms with E-state index in [1.807, 2.05) is 13.8 Å². The minimum atomic E-state index is -0.991. The number of allylic oxidation sites excluding steroid dienone is 1. The molecule has 0 aromatic rings. The Morgan fingerprint density at radius 2 is 1.77 bits per heavy atom. The predicted molar refractivity (Wildman–Crippen MR) is 101 cm³/mol. The zero-order valence-corrected chi connectivity index (χ0v) is 16.2. The van der Waals surface area contributed by atoms with E-state index in [1.165, 1.54) is 5.01 Å². The lowest BCUT2D eigenvalue weighted by molar-refractivity contribution is -0.148. The van der Waals surface area contributed by atoms with Gasteiger partial charge in [-0.1, -0.05) is 20.4 Å². The molecule has 2 amide bonds. The van der Waals surface area contributed by atoms with Crippen LogP contribution in [0.3, 0.4) is 0 Å². The number of hydrazine groups is 1. The highest BCUT2D eigenvalue weighted by molar-refractivity contribution is 5.89. The lowest BCUT2D eigenvalue weighted by Crippen LogP contribution is -2.60. The van der Waals surface area contributed by atoms with E-state index in [0.29, 0.717) is 25.1 Å². The van der Waals surface area contributed by atoms with E-state index in [4.69, 9.17) is 5.11 Å². The van der Waals surface area contributed by atoms with Crippen LogP contribution in [0.2, 0.25) is 0 Å². The normalized spacial score (nSPS) is 18.8. The van der Waals surface area contributed by atoms with E-state index in [2.05, 4.69) is 35.8 Å². The predicted octanol–water partition coefficient (Wildman–Crippen LogP) is 1.02.